The third-order valence-electron chi connectivity index (χ3n) is 2.44. The summed E-state index contributed by atoms with van der Waals surface area (Å²) >= 11 is 0. The molecule has 0 radical (unpaired) electrons. The number of rotatable bonds is 3. The molecule has 0 aromatic carbocycles. The minimum atomic E-state index is 0.681. The summed E-state index contributed by atoms with van der Waals surface area (Å²) in [6, 6.07) is 1.90. The van der Waals surface area contributed by atoms with Crippen molar-refractivity contribution in [1.29, 1.82) is 0 Å². The van der Waals surface area contributed by atoms with Gasteiger partial charge in [0.05, 0.1) is 6.20 Å². The van der Waals surface area contributed by atoms with Crippen LogP contribution in [0.5, 0.6) is 0 Å². The molecule has 1 aliphatic carbocycles. The van der Waals surface area contributed by atoms with Gasteiger partial charge in [0.2, 0.25) is 0 Å². The number of anilines is 1. The zero-order chi connectivity index (χ0) is 9.26. The van der Waals surface area contributed by atoms with Crippen molar-refractivity contribution in [3.63, 3.8) is 0 Å². The molecule has 1 heterocycles. The quantitative estimate of drug-likeness (QED) is 0.562. The van der Waals surface area contributed by atoms with Gasteiger partial charge in [-0.15, -0.1) is 0 Å². The van der Waals surface area contributed by atoms with Gasteiger partial charge < -0.3 is 0 Å². The summed E-state index contributed by atoms with van der Waals surface area (Å²) in [7, 11) is 1.89. The van der Waals surface area contributed by atoms with Gasteiger partial charge in [0.15, 0.2) is 0 Å². The number of aromatic nitrogens is 2. The fraction of sp³-hybridized carbons (Fsp3) is 0.556. The van der Waals surface area contributed by atoms with E-state index in [2.05, 4.69) is 22.5 Å². The van der Waals surface area contributed by atoms with E-state index in [-0.39, 0.29) is 0 Å². The van der Waals surface area contributed by atoms with Crippen molar-refractivity contribution in [3.8, 4) is 0 Å². The zero-order valence-electron chi connectivity index (χ0n) is 7.94. The third kappa shape index (κ3) is 1.88. The summed E-state index contributed by atoms with van der Waals surface area (Å²) in [5.41, 5.74) is 2.95. The molecular formula is C9H14N4. The van der Waals surface area contributed by atoms with E-state index in [1.54, 1.807) is 10.9 Å². The van der Waals surface area contributed by atoms with Crippen LogP contribution in [0.1, 0.15) is 13.3 Å². The standard InChI is InChI=1S/C9H14N4/c1-7-5-8(7)6-10-12-9-3-4-11-13(9)2/h3-4,6-8,12H,5H2,1-2H3/b10-6+. The molecule has 0 spiro atoms. The lowest BCUT2D eigenvalue weighted by molar-refractivity contribution is 0.771. The first-order chi connectivity index (χ1) is 6.27. The van der Waals surface area contributed by atoms with Gasteiger partial charge in [0.25, 0.3) is 0 Å². The molecule has 4 nitrogen and oxygen atoms in total. The first kappa shape index (κ1) is 8.29. The number of nitrogens with zero attached hydrogens (tertiary/aromatic N) is 3. The highest BCUT2D eigenvalue weighted by Gasteiger charge is 2.30. The van der Waals surface area contributed by atoms with Crippen molar-refractivity contribution in [2.24, 2.45) is 24.0 Å². The van der Waals surface area contributed by atoms with Crippen LogP contribution in [0.2, 0.25) is 0 Å². The van der Waals surface area contributed by atoms with Gasteiger partial charge in [0.1, 0.15) is 5.82 Å². The zero-order valence-corrected chi connectivity index (χ0v) is 7.94. The van der Waals surface area contributed by atoms with E-state index in [1.165, 1.54) is 6.42 Å². The highest BCUT2D eigenvalue weighted by Crippen LogP contribution is 2.35. The lowest BCUT2D eigenvalue weighted by Crippen LogP contribution is -1.98. The van der Waals surface area contributed by atoms with Crippen molar-refractivity contribution < 1.29 is 0 Å². The maximum absolute atomic E-state index is 4.15. The lowest BCUT2D eigenvalue weighted by Gasteiger charge is -1.98. The van der Waals surface area contributed by atoms with E-state index >= 15 is 0 Å². The molecule has 0 saturated heterocycles. The lowest BCUT2D eigenvalue weighted by atomic mass is 10.4. The van der Waals surface area contributed by atoms with Gasteiger partial charge in [-0.05, 0) is 18.3 Å². The minimum absolute atomic E-state index is 0.681. The Morgan fingerprint density at radius 2 is 2.54 bits per heavy atom. The van der Waals surface area contributed by atoms with E-state index in [0.717, 1.165) is 11.7 Å². The number of hydrazone groups is 1. The van der Waals surface area contributed by atoms with Gasteiger partial charge in [-0.25, -0.2) is 0 Å². The predicted octanol–water partition coefficient (Wildman–Crippen LogP) is 1.47. The third-order valence-corrected chi connectivity index (χ3v) is 2.44. The van der Waals surface area contributed by atoms with E-state index in [1.807, 2.05) is 19.3 Å². The van der Waals surface area contributed by atoms with E-state index in [9.17, 15) is 0 Å². The van der Waals surface area contributed by atoms with Gasteiger partial charge in [-0.3, -0.25) is 10.1 Å². The summed E-state index contributed by atoms with van der Waals surface area (Å²) < 4.78 is 1.76. The molecular weight excluding hydrogens is 164 g/mol. The van der Waals surface area contributed by atoms with Gasteiger partial charge in [-0.2, -0.15) is 10.2 Å². The van der Waals surface area contributed by atoms with Crippen LogP contribution in [0, 0.1) is 11.8 Å². The number of aryl methyl sites for hydroxylation is 1. The average Bonchev–Trinajstić information content (AvgIpc) is 2.63. The molecule has 2 atom stereocenters. The largest absolute Gasteiger partial charge is 0.262 e. The molecule has 0 bridgehead atoms. The number of nitrogens with one attached hydrogen (secondary N) is 1. The molecule has 2 unspecified atom stereocenters. The van der Waals surface area contributed by atoms with Crippen molar-refractivity contribution in [2.75, 3.05) is 5.43 Å². The molecule has 1 aromatic heterocycles. The van der Waals surface area contributed by atoms with E-state index in [4.69, 9.17) is 0 Å². The topological polar surface area (TPSA) is 42.2 Å². The smallest absolute Gasteiger partial charge is 0.144 e. The van der Waals surface area contributed by atoms with Crippen LogP contribution < -0.4 is 5.43 Å². The molecule has 1 aliphatic rings. The second-order valence-electron chi connectivity index (χ2n) is 3.61. The van der Waals surface area contributed by atoms with Crippen LogP contribution in [0.3, 0.4) is 0 Å². The molecule has 1 aromatic rings. The minimum Gasteiger partial charge on any atom is -0.262 e. The van der Waals surface area contributed by atoms with Crippen LogP contribution in [-0.2, 0) is 7.05 Å². The summed E-state index contributed by atoms with van der Waals surface area (Å²) in [6.07, 6.45) is 5.01. The summed E-state index contributed by atoms with van der Waals surface area (Å²) in [5.74, 6) is 2.42. The van der Waals surface area contributed by atoms with Crippen molar-refractivity contribution in [3.05, 3.63) is 12.3 Å². The van der Waals surface area contributed by atoms with Crippen LogP contribution in [0.15, 0.2) is 17.4 Å². The Bertz CT molecular complexity index is 315. The Labute approximate surface area is 77.6 Å². The van der Waals surface area contributed by atoms with Crippen LogP contribution in [0.25, 0.3) is 0 Å². The molecule has 70 valence electrons. The highest BCUT2D eigenvalue weighted by atomic mass is 15.4. The molecule has 1 N–H and O–H groups in total. The maximum Gasteiger partial charge on any atom is 0.144 e. The Balaban J connectivity index is 1.86. The summed E-state index contributed by atoms with van der Waals surface area (Å²) in [4.78, 5) is 0. The van der Waals surface area contributed by atoms with E-state index < -0.39 is 0 Å². The Kier molecular flexibility index (Phi) is 2.04. The summed E-state index contributed by atoms with van der Waals surface area (Å²) in [6.45, 7) is 2.24. The highest BCUT2D eigenvalue weighted by molar-refractivity contribution is 5.65. The molecule has 4 heteroatoms. The fourth-order valence-electron chi connectivity index (χ4n) is 1.24. The van der Waals surface area contributed by atoms with Crippen molar-refractivity contribution in [1.82, 2.24) is 9.78 Å². The molecule has 1 saturated carbocycles. The van der Waals surface area contributed by atoms with Crippen molar-refractivity contribution in [2.45, 2.75) is 13.3 Å². The normalized spacial score (nSPS) is 26.6. The monoisotopic (exact) mass is 178 g/mol. The van der Waals surface area contributed by atoms with Crippen LogP contribution >= 0.6 is 0 Å². The second-order valence-corrected chi connectivity index (χ2v) is 3.61. The number of hydrogen-bond acceptors (Lipinski definition) is 3. The first-order valence-corrected chi connectivity index (χ1v) is 4.54. The SMILES string of the molecule is CC1CC1/C=N/Nc1ccnn1C. The van der Waals surface area contributed by atoms with Crippen LogP contribution in [0.4, 0.5) is 5.82 Å². The molecule has 0 amide bonds. The number of hydrogen-bond donors (Lipinski definition) is 1. The predicted molar refractivity (Wildman–Crippen MR) is 52.6 cm³/mol. The molecule has 2 rings (SSSR count). The van der Waals surface area contributed by atoms with Gasteiger partial charge >= 0.3 is 0 Å². The first-order valence-electron chi connectivity index (χ1n) is 4.54. The van der Waals surface area contributed by atoms with Crippen LogP contribution in [-0.4, -0.2) is 16.0 Å². The maximum atomic E-state index is 4.15. The average molecular weight is 178 g/mol. The molecule has 1 fully saturated rings. The summed E-state index contributed by atoms with van der Waals surface area (Å²) in [5, 5.41) is 8.18. The fourth-order valence-corrected chi connectivity index (χ4v) is 1.24. The Morgan fingerprint density at radius 1 is 1.77 bits per heavy atom. The molecule has 0 aliphatic heterocycles. The Hall–Kier alpha value is -1.32. The Morgan fingerprint density at radius 3 is 3.08 bits per heavy atom. The van der Waals surface area contributed by atoms with Gasteiger partial charge in [-0.1, -0.05) is 6.92 Å². The second kappa shape index (κ2) is 3.20. The van der Waals surface area contributed by atoms with E-state index in [0.29, 0.717) is 5.92 Å². The van der Waals surface area contributed by atoms with Crippen molar-refractivity contribution >= 4 is 12.0 Å². The molecule has 13 heavy (non-hydrogen) atoms. The van der Waals surface area contributed by atoms with Gasteiger partial charge in [0, 0.05) is 19.3 Å².